The summed E-state index contributed by atoms with van der Waals surface area (Å²) in [7, 11) is 0. The third-order valence-corrected chi connectivity index (χ3v) is 6.25. The van der Waals surface area contributed by atoms with Gasteiger partial charge < -0.3 is 14.2 Å². The number of carbonyl (C=O) groups is 3. The maximum Gasteiger partial charge on any atom is 0.248 e. The van der Waals surface area contributed by atoms with Crippen molar-refractivity contribution in [3.8, 4) is 0 Å². The number of rotatable bonds is 6. The van der Waals surface area contributed by atoms with Gasteiger partial charge in [0.1, 0.15) is 25.5 Å². The van der Waals surface area contributed by atoms with Crippen molar-refractivity contribution in [2.75, 3.05) is 24.7 Å². The van der Waals surface area contributed by atoms with E-state index >= 15 is 0 Å². The van der Waals surface area contributed by atoms with Gasteiger partial charge in [-0.2, -0.15) is 0 Å². The summed E-state index contributed by atoms with van der Waals surface area (Å²) in [6, 6.07) is 8.91. The van der Waals surface area contributed by atoms with Crippen molar-refractivity contribution < 1.29 is 18.8 Å². The Bertz CT molecular complexity index is 955. The third kappa shape index (κ3) is 4.07. The van der Waals surface area contributed by atoms with E-state index < -0.39 is 0 Å². The first kappa shape index (κ1) is 20.5. The monoisotopic (exact) mass is 429 g/mol. The SMILES string of the molecule is Cc1c(Cl)cccc1N1CN(C(=O)CN(Cc2ccco2)C(=O)C2CCC2)CC1=O. The van der Waals surface area contributed by atoms with E-state index in [0.29, 0.717) is 16.5 Å². The Kier molecular flexibility index (Phi) is 5.81. The average molecular weight is 430 g/mol. The molecule has 2 heterocycles. The van der Waals surface area contributed by atoms with Gasteiger partial charge in [-0.3, -0.25) is 19.3 Å². The number of anilines is 1. The topological polar surface area (TPSA) is 74.1 Å². The minimum Gasteiger partial charge on any atom is -0.467 e. The highest BCUT2D eigenvalue weighted by Gasteiger charge is 2.36. The number of carbonyl (C=O) groups excluding carboxylic acids is 3. The molecule has 4 rings (SSSR count). The summed E-state index contributed by atoms with van der Waals surface area (Å²) in [5.74, 6) is 0.142. The molecule has 2 aliphatic rings. The van der Waals surface area contributed by atoms with E-state index in [9.17, 15) is 14.4 Å². The minimum atomic E-state index is -0.259. The van der Waals surface area contributed by atoms with Gasteiger partial charge in [0.05, 0.1) is 12.8 Å². The predicted octanol–water partition coefficient (Wildman–Crippen LogP) is 3.20. The summed E-state index contributed by atoms with van der Waals surface area (Å²) in [4.78, 5) is 43.0. The number of furan rings is 1. The molecule has 0 N–H and O–H groups in total. The maximum absolute atomic E-state index is 13.0. The Hall–Kier alpha value is -2.80. The fourth-order valence-corrected chi connectivity index (χ4v) is 3.96. The molecule has 7 nitrogen and oxygen atoms in total. The van der Waals surface area contributed by atoms with Crippen molar-refractivity contribution in [2.45, 2.75) is 32.7 Å². The standard InChI is InChI=1S/C22H24ClN3O4/c1-15-18(23)8-3-9-19(15)26-14-25(13-21(26)28)20(27)12-24(11-17-7-4-10-30-17)22(29)16-5-2-6-16/h3-4,7-10,16H,2,5-6,11-14H2,1H3. The number of benzene rings is 1. The minimum absolute atomic E-state index is 0.0169. The van der Waals surface area contributed by atoms with Gasteiger partial charge in [0.15, 0.2) is 0 Å². The second-order valence-corrected chi connectivity index (χ2v) is 8.25. The summed E-state index contributed by atoms with van der Waals surface area (Å²) in [5.41, 5.74) is 1.49. The number of amides is 3. The van der Waals surface area contributed by atoms with Crippen LogP contribution in [0.3, 0.4) is 0 Å². The van der Waals surface area contributed by atoms with Crippen LogP contribution >= 0.6 is 11.6 Å². The smallest absolute Gasteiger partial charge is 0.248 e. The second-order valence-electron chi connectivity index (χ2n) is 7.84. The first-order valence-electron chi connectivity index (χ1n) is 10.1. The van der Waals surface area contributed by atoms with Gasteiger partial charge in [0, 0.05) is 16.6 Å². The number of nitrogens with zero attached hydrogens (tertiary/aromatic N) is 3. The molecule has 1 aliphatic carbocycles. The molecule has 2 fully saturated rings. The lowest BCUT2D eigenvalue weighted by Crippen LogP contribution is -2.45. The van der Waals surface area contributed by atoms with Crippen LogP contribution in [0.15, 0.2) is 41.0 Å². The third-order valence-electron chi connectivity index (χ3n) is 5.84. The zero-order valence-corrected chi connectivity index (χ0v) is 17.6. The van der Waals surface area contributed by atoms with Gasteiger partial charge in [-0.25, -0.2) is 0 Å². The molecule has 1 saturated heterocycles. The van der Waals surface area contributed by atoms with Crippen molar-refractivity contribution in [2.24, 2.45) is 5.92 Å². The lowest BCUT2D eigenvalue weighted by molar-refractivity contribution is -0.145. The molecule has 8 heteroatoms. The largest absolute Gasteiger partial charge is 0.467 e. The Labute approximate surface area is 180 Å². The Morgan fingerprint density at radius 3 is 2.70 bits per heavy atom. The van der Waals surface area contributed by atoms with Crippen molar-refractivity contribution in [3.63, 3.8) is 0 Å². The van der Waals surface area contributed by atoms with Crippen LogP contribution in [0.1, 0.15) is 30.6 Å². The molecule has 2 aromatic rings. The van der Waals surface area contributed by atoms with Crippen LogP contribution in [0.25, 0.3) is 0 Å². The number of hydrogen-bond donors (Lipinski definition) is 0. The summed E-state index contributed by atoms with van der Waals surface area (Å²) in [6.07, 6.45) is 4.29. The van der Waals surface area contributed by atoms with E-state index in [1.807, 2.05) is 13.0 Å². The van der Waals surface area contributed by atoms with Crippen molar-refractivity contribution in [1.82, 2.24) is 9.80 Å². The van der Waals surface area contributed by atoms with Crippen LogP contribution in [0, 0.1) is 12.8 Å². The van der Waals surface area contributed by atoms with Crippen LogP contribution in [0.4, 0.5) is 5.69 Å². The van der Waals surface area contributed by atoms with Crippen LogP contribution in [-0.2, 0) is 20.9 Å². The quantitative estimate of drug-likeness (QED) is 0.706. The van der Waals surface area contributed by atoms with E-state index in [4.69, 9.17) is 16.0 Å². The van der Waals surface area contributed by atoms with Gasteiger partial charge in [-0.15, -0.1) is 0 Å². The van der Waals surface area contributed by atoms with E-state index in [0.717, 1.165) is 24.8 Å². The number of halogens is 1. The number of hydrogen-bond acceptors (Lipinski definition) is 4. The van der Waals surface area contributed by atoms with E-state index in [-0.39, 0.29) is 49.9 Å². The zero-order valence-electron chi connectivity index (χ0n) is 16.8. The highest BCUT2D eigenvalue weighted by atomic mass is 35.5. The highest BCUT2D eigenvalue weighted by molar-refractivity contribution is 6.31. The van der Waals surface area contributed by atoms with Crippen LogP contribution in [0.2, 0.25) is 5.02 Å². The second kappa shape index (κ2) is 8.52. The molecule has 1 aromatic heterocycles. The summed E-state index contributed by atoms with van der Waals surface area (Å²) in [5, 5.41) is 0.570. The van der Waals surface area contributed by atoms with Crippen LogP contribution in [-0.4, -0.2) is 47.3 Å². The summed E-state index contributed by atoms with van der Waals surface area (Å²) >= 11 is 6.19. The molecular formula is C22H24ClN3O4. The van der Waals surface area contributed by atoms with Crippen LogP contribution < -0.4 is 4.90 Å². The van der Waals surface area contributed by atoms with Gasteiger partial charge in [0.25, 0.3) is 0 Å². The molecule has 30 heavy (non-hydrogen) atoms. The van der Waals surface area contributed by atoms with Gasteiger partial charge in [-0.05, 0) is 49.6 Å². The highest BCUT2D eigenvalue weighted by Crippen LogP contribution is 2.30. The molecule has 1 aromatic carbocycles. The van der Waals surface area contributed by atoms with E-state index in [1.165, 1.54) is 4.90 Å². The first-order valence-corrected chi connectivity index (χ1v) is 10.5. The molecule has 3 amide bonds. The van der Waals surface area contributed by atoms with Crippen molar-refractivity contribution >= 4 is 35.0 Å². The Morgan fingerprint density at radius 2 is 2.03 bits per heavy atom. The zero-order chi connectivity index (χ0) is 21.3. The molecule has 0 radical (unpaired) electrons. The molecule has 158 valence electrons. The van der Waals surface area contributed by atoms with Crippen molar-refractivity contribution in [1.29, 1.82) is 0 Å². The molecule has 1 aliphatic heterocycles. The van der Waals surface area contributed by atoms with Gasteiger partial charge in [-0.1, -0.05) is 24.1 Å². The van der Waals surface area contributed by atoms with Crippen molar-refractivity contribution in [3.05, 3.63) is 52.9 Å². The van der Waals surface area contributed by atoms with E-state index in [1.54, 1.807) is 40.3 Å². The molecule has 0 bridgehead atoms. The Morgan fingerprint density at radius 1 is 1.23 bits per heavy atom. The van der Waals surface area contributed by atoms with Gasteiger partial charge in [0.2, 0.25) is 17.7 Å². The predicted molar refractivity (Wildman–Crippen MR) is 112 cm³/mol. The first-order chi connectivity index (χ1) is 14.4. The summed E-state index contributed by atoms with van der Waals surface area (Å²) < 4.78 is 5.38. The molecule has 0 atom stereocenters. The van der Waals surface area contributed by atoms with Gasteiger partial charge >= 0.3 is 0 Å². The molecule has 1 saturated carbocycles. The molecule has 0 unspecified atom stereocenters. The fraction of sp³-hybridized carbons (Fsp3) is 0.409. The Balaban J connectivity index is 1.46. The normalized spacial score (nSPS) is 16.7. The fourth-order valence-electron chi connectivity index (χ4n) is 3.79. The molecule has 0 spiro atoms. The summed E-state index contributed by atoms with van der Waals surface area (Å²) in [6.45, 7) is 2.14. The average Bonchev–Trinajstić information content (AvgIpc) is 3.31. The maximum atomic E-state index is 13.0. The lowest BCUT2D eigenvalue weighted by Gasteiger charge is -2.31. The molecular weight excluding hydrogens is 406 g/mol. The van der Waals surface area contributed by atoms with E-state index in [2.05, 4.69) is 0 Å². The van der Waals surface area contributed by atoms with Crippen LogP contribution in [0.5, 0.6) is 0 Å². The lowest BCUT2D eigenvalue weighted by atomic mass is 9.84.